The van der Waals surface area contributed by atoms with Gasteiger partial charge in [-0.3, -0.25) is 9.48 Å². The van der Waals surface area contributed by atoms with E-state index in [2.05, 4.69) is 10.4 Å². The molecule has 1 aromatic carbocycles. The Labute approximate surface area is 180 Å². The maximum Gasteiger partial charge on any atom is 0.251 e. The standard InChI is InChI=1S/C21H24N4O3S2/c26-21(22-11-15-24-14-10-19(23-24)20-5-4-16-29-20)17-6-8-18(9-7-17)30(27,28)25-12-2-1-3-13-25/h4-10,14,16H,1-3,11-13,15H2,(H,22,26). The van der Waals surface area contributed by atoms with Gasteiger partial charge in [0.05, 0.1) is 16.3 Å². The van der Waals surface area contributed by atoms with Crippen LogP contribution in [0.3, 0.4) is 0 Å². The molecule has 0 bridgehead atoms. The Hall–Kier alpha value is -2.49. The number of carbonyl (C=O) groups excluding carboxylic acids is 1. The fourth-order valence-electron chi connectivity index (χ4n) is 3.46. The van der Waals surface area contributed by atoms with Crippen LogP contribution in [0.5, 0.6) is 0 Å². The first-order valence-corrected chi connectivity index (χ1v) is 12.3. The van der Waals surface area contributed by atoms with Gasteiger partial charge >= 0.3 is 0 Å². The molecule has 1 saturated heterocycles. The van der Waals surface area contributed by atoms with E-state index in [1.165, 1.54) is 16.4 Å². The molecule has 0 radical (unpaired) electrons. The average molecular weight is 445 g/mol. The van der Waals surface area contributed by atoms with Crippen molar-refractivity contribution in [1.82, 2.24) is 19.4 Å². The number of carbonyl (C=O) groups is 1. The summed E-state index contributed by atoms with van der Waals surface area (Å²) in [7, 11) is -3.48. The number of nitrogens with zero attached hydrogens (tertiary/aromatic N) is 3. The number of aromatic nitrogens is 2. The maximum atomic E-state index is 12.7. The molecule has 0 aliphatic carbocycles. The van der Waals surface area contributed by atoms with Gasteiger partial charge in [-0.25, -0.2) is 8.42 Å². The molecule has 1 aliphatic heterocycles. The quantitative estimate of drug-likeness (QED) is 0.606. The molecule has 158 valence electrons. The van der Waals surface area contributed by atoms with Gasteiger partial charge in [-0.05, 0) is 54.6 Å². The van der Waals surface area contributed by atoms with E-state index >= 15 is 0 Å². The minimum Gasteiger partial charge on any atom is -0.350 e. The minimum absolute atomic E-state index is 0.234. The van der Waals surface area contributed by atoms with Crippen LogP contribution in [0, 0.1) is 0 Å². The van der Waals surface area contributed by atoms with Crippen molar-refractivity contribution in [3.05, 3.63) is 59.6 Å². The highest BCUT2D eigenvalue weighted by Gasteiger charge is 2.25. The maximum absolute atomic E-state index is 12.7. The number of piperidine rings is 1. The molecular formula is C21H24N4O3S2. The van der Waals surface area contributed by atoms with Gasteiger partial charge in [0.1, 0.15) is 5.69 Å². The zero-order chi connectivity index (χ0) is 21.0. The zero-order valence-corrected chi connectivity index (χ0v) is 18.2. The SMILES string of the molecule is O=C(NCCn1ccc(-c2cccs2)n1)c1ccc(S(=O)(=O)N2CCCCC2)cc1. The second-order valence-corrected chi connectivity index (χ2v) is 10.1. The van der Waals surface area contributed by atoms with E-state index in [0.717, 1.165) is 29.8 Å². The lowest BCUT2D eigenvalue weighted by atomic mass is 10.2. The summed E-state index contributed by atoms with van der Waals surface area (Å²) in [4.78, 5) is 13.7. The van der Waals surface area contributed by atoms with Gasteiger partial charge in [-0.1, -0.05) is 12.5 Å². The van der Waals surface area contributed by atoms with E-state index in [4.69, 9.17) is 0 Å². The van der Waals surface area contributed by atoms with Crippen LogP contribution in [0.4, 0.5) is 0 Å². The van der Waals surface area contributed by atoms with E-state index in [-0.39, 0.29) is 10.8 Å². The predicted octanol–water partition coefficient (Wildman–Crippen LogP) is 3.22. The van der Waals surface area contributed by atoms with Crippen LogP contribution >= 0.6 is 11.3 Å². The summed E-state index contributed by atoms with van der Waals surface area (Å²) in [6.45, 7) is 2.11. The van der Waals surface area contributed by atoms with Crippen molar-refractivity contribution < 1.29 is 13.2 Å². The third-order valence-electron chi connectivity index (χ3n) is 5.11. The van der Waals surface area contributed by atoms with Gasteiger partial charge in [-0.2, -0.15) is 9.40 Å². The average Bonchev–Trinajstić information content (AvgIpc) is 3.46. The van der Waals surface area contributed by atoms with Crippen molar-refractivity contribution in [2.24, 2.45) is 0 Å². The van der Waals surface area contributed by atoms with Crippen LogP contribution in [-0.4, -0.2) is 48.0 Å². The largest absolute Gasteiger partial charge is 0.350 e. The highest BCUT2D eigenvalue weighted by atomic mass is 32.2. The Bertz CT molecular complexity index is 1080. The number of thiophene rings is 1. The smallest absolute Gasteiger partial charge is 0.251 e. The molecular weight excluding hydrogens is 420 g/mol. The van der Waals surface area contributed by atoms with Crippen molar-refractivity contribution in [3.63, 3.8) is 0 Å². The molecule has 4 rings (SSSR count). The lowest BCUT2D eigenvalue weighted by molar-refractivity contribution is 0.0952. The van der Waals surface area contributed by atoms with Crippen molar-refractivity contribution in [1.29, 1.82) is 0 Å². The Kier molecular flexibility index (Phi) is 6.31. The van der Waals surface area contributed by atoms with Crippen LogP contribution in [0.1, 0.15) is 29.6 Å². The molecule has 1 aliphatic rings. The molecule has 0 spiro atoms. The van der Waals surface area contributed by atoms with Crippen LogP contribution in [-0.2, 0) is 16.6 Å². The van der Waals surface area contributed by atoms with Gasteiger partial charge in [-0.15, -0.1) is 11.3 Å². The lowest BCUT2D eigenvalue weighted by Crippen LogP contribution is -2.35. The molecule has 0 unspecified atom stereocenters. The monoisotopic (exact) mass is 444 g/mol. The summed E-state index contributed by atoms with van der Waals surface area (Å²) < 4.78 is 28.7. The second kappa shape index (κ2) is 9.11. The van der Waals surface area contributed by atoms with Gasteiger partial charge in [0, 0.05) is 31.4 Å². The molecule has 3 aromatic rings. The van der Waals surface area contributed by atoms with Gasteiger partial charge in [0.25, 0.3) is 5.91 Å². The van der Waals surface area contributed by atoms with Crippen molar-refractivity contribution in [2.45, 2.75) is 30.7 Å². The molecule has 30 heavy (non-hydrogen) atoms. The molecule has 7 nitrogen and oxygen atoms in total. The number of hydrogen-bond acceptors (Lipinski definition) is 5. The van der Waals surface area contributed by atoms with E-state index in [9.17, 15) is 13.2 Å². The summed E-state index contributed by atoms with van der Waals surface area (Å²) >= 11 is 1.64. The summed E-state index contributed by atoms with van der Waals surface area (Å²) in [6.07, 6.45) is 4.75. The molecule has 1 N–H and O–H groups in total. The summed E-state index contributed by atoms with van der Waals surface area (Å²) in [5.74, 6) is -0.234. The fourth-order valence-corrected chi connectivity index (χ4v) is 5.67. The Morgan fingerprint density at radius 3 is 2.53 bits per heavy atom. The summed E-state index contributed by atoms with van der Waals surface area (Å²) in [5, 5.41) is 9.38. The molecule has 3 heterocycles. The highest BCUT2D eigenvalue weighted by molar-refractivity contribution is 7.89. The summed E-state index contributed by atoms with van der Waals surface area (Å²) in [6, 6.07) is 12.1. The minimum atomic E-state index is -3.48. The number of sulfonamides is 1. The highest BCUT2D eigenvalue weighted by Crippen LogP contribution is 2.22. The summed E-state index contributed by atoms with van der Waals surface area (Å²) in [5.41, 5.74) is 1.36. The molecule has 0 atom stereocenters. The number of rotatable bonds is 7. The van der Waals surface area contributed by atoms with Gasteiger partial charge in [0.15, 0.2) is 0 Å². The second-order valence-electron chi connectivity index (χ2n) is 7.19. The first kappa shape index (κ1) is 20.8. The van der Waals surface area contributed by atoms with E-state index in [0.29, 0.717) is 31.7 Å². The van der Waals surface area contributed by atoms with E-state index in [1.54, 1.807) is 28.2 Å². The third-order valence-corrected chi connectivity index (χ3v) is 7.92. The van der Waals surface area contributed by atoms with Crippen molar-refractivity contribution in [3.8, 4) is 10.6 Å². The molecule has 9 heteroatoms. The first-order valence-electron chi connectivity index (χ1n) is 10.00. The normalized spacial score (nSPS) is 15.2. The first-order chi connectivity index (χ1) is 14.5. The number of amides is 1. The zero-order valence-electron chi connectivity index (χ0n) is 16.5. The number of hydrogen-bond donors (Lipinski definition) is 1. The number of benzene rings is 1. The van der Waals surface area contributed by atoms with Crippen LogP contribution < -0.4 is 5.32 Å². The van der Waals surface area contributed by atoms with E-state index < -0.39 is 10.0 Å². The third kappa shape index (κ3) is 4.63. The molecule has 2 aromatic heterocycles. The topological polar surface area (TPSA) is 84.3 Å². The lowest BCUT2D eigenvalue weighted by Gasteiger charge is -2.25. The number of nitrogens with one attached hydrogen (secondary N) is 1. The van der Waals surface area contributed by atoms with Gasteiger partial charge in [0.2, 0.25) is 10.0 Å². The van der Waals surface area contributed by atoms with Gasteiger partial charge < -0.3 is 5.32 Å². The van der Waals surface area contributed by atoms with Crippen LogP contribution in [0.25, 0.3) is 10.6 Å². The van der Waals surface area contributed by atoms with Crippen LogP contribution in [0.15, 0.2) is 58.9 Å². The van der Waals surface area contributed by atoms with Crippen molar-refractivity contribution in [2.75, 3.05) is 19.6 Å². The Morgan fingerprint density at radius 1 is 1.07 bits per heavy atom. The van der Waals surface area contributed by atoms with Crippen LogP contribution in [0.2, 0.25) is 0 Å². The Morgan fingerprint density at radius 2 is 1.83 bits per heavy atom. The molecule has 0 saturated carbocycles. The Balaban J connectivity index is 1.32. The predicted molar refractivity (Wildman–Crippen MR) is 117 cm³/mol. The van der Waals surface area contributed by atoms with Crippen molar-refractivity contribution >= 4 is 27.3 Å². The molecule has 1 amide bonds. The van der Waals surface area contributed by atoms with E-state index in [1.807, 2.05) is 29.8 Å². The fraction of sp³-hybridized carbons (Fsp3) is 0.333. The molecule has 1 fully saturated rings.